The van der Waals surface area contributed by atoms with Gasteiger partial charge in [-0.2, -0.15) is 0 Å². The Kier molecular flexibility index (Phi) is 5.12. The van der Waals surface area contributed by atoms with Crippen LogP contribution in [0.25, 0.3) is 0 Å². The second kappa shape index (κ2) is 6.84. The molecule has 0 aliphatic carbocycles. The second-order valence-electron chi connectivity index (χ2n) is 5.35. The maximum atomic E-state index is 13.3. The number of carbonyl (C=O) groups excluding carboxylic acids is 1. The average Bonchev–Trinajstić information content (AvgIpc) is 2.47. The lowest BCUT2D eigenvalue weighted by Crippen LogP contribution is -2.43. The van der Waals surface area contributed by atoms with Crippen LogP contribution in [0.1, 0.15) is 42.1 Å². The number of piperidine rings is 1. The van der Waals surface area contributed by atoms with Crippen LogP contribution in [0.2, 0.25) is 0 Å². The minimum absolute atomic E-state index is 0.0297. The third-order valence-electron chi connectivity index (χ3n) is 3.63. The normalized spacial score (nSPS) is 19.1. The molecule has 1 heterocycles. The van der Waals surface area contributed by atoms with Crippen LogP contribution in [-0.4, -0.2) is 36.6 Å². The van der Waals surface area contributed by atoms with Crippen molar-refractivity contribution in [3.63, 3.8) is 0 Å². The van der Waals surface area contributed by atoms with Crippen LogP contribution < -0.4 is 0 Å². The quantitative estimate of drug-likeness (QED) is 0.847. The van der Waals surface area contributed by atoms with Crippen molar-refractivity contribution in [2.24, 2.45) is 0 Å². The highest BCUT2D eigenvalue weighted by atomic mass is 19.1. The van der Waals surface area contributed by atoms with E-state index in [-0.39, 0.29) is 17.8 Å². The second-order valence-corrected chi connectivity index (χ2v) is 5.35. The van der Waals surface area contributed by atoms with Gasteiger partial charge >= 0.3 is 0 Å². The molecule has 0 N–H and O–H groups in total. The number of hydrogen-bond acceptors (Lipinski definition) is 2. The van der Waals surface area contributed by atoms with Crippen molar-refractivity contribution in [3.8, 4) is 0 Å². The number of hydrogen-bond donors (Lipinski definition) is 0. The summed E-state index contributed by atoms with van der Waals surface area (Å²) in [5, 5.41) is 0. The van der Waals surface area contributed by atoms with E-state index in [1.54, 1.807) is 19.1 Å². The highest BCUT2D eigenvalue weighted by Crippen LogP contribution is 2.17. The van der Waals surface area contributed by atoms with Gasteiger partial charge in [-0.3, -0.25) is 4.79 Å². The molecule has 110 valence electrons. The Bertz CT molecular complexity index is 476. The summed E-state index contributed by atoms with van der Waals surface area (Å²) < 4.78 is 19.0. The summed E-state index contributed by atoms with van der Waals surface area (Å²) in [5.74, 6) is -0.303. The first-order valence-electron chi connectivity index (χ1n) is 7.29. The number of nitrogens with zero attached hydrogens (tertiary/aromatic N) is 1. The molecule has 0 spiro atoms. The predicted molar refractivity (Wildman–Crippen MR) is 76.3 cm³/mol. The Balaban J connectivity index is 2.02. The molecule has 0 radical (unpaired) electrons. The Hall–Kier alpha value is -1.42. The fraction of sp³-hybridized carbons (Fsp3) is 0.562. The third kappa shape index (κ3) is 3.57. The SMILES string of the molecule is CCCOC1CCCN(C(=O)c2ccc(F)c(C)c2)C1. The molecule has 2 rings (SSSR count). The summed E-state index contributed by atoms with van der Waals surface area (Å²) in [7, 11) is 0. The lowest BCUT2D eigenvalue weighted by atomic mass is 10.1. The fourth-order valence-corrected chi connectivity index (χ4v) is 2.50. The molecule has 4 heteroatoms. The number of rotatable bonds is 4. The number of aryl methyl sites for hydroxylation is 1. The molecule has 0 bridgehead atoms. The van der Waals surface area contributed by atoms with Crippen molar-refractivity contribution in [1.82, 2.24) is 4.90 Å². The summed E-state index contributed by atoms with van der Waals surface area (Å²) >= 11 is 0. The zero-order valence-electron chi connectivity index (χ0n) is 12.2. The molecule has 1 unspecified atom stereocenters. The molecule has 1 fully saturated rings. The highest BCUT2D eigenvalue weighted by molar-refractivity contribution is 5.94. The molecule has 1 saturated heterocycles. The lowest BCUT2D eigenvalue weighted by Gasteiger charge is -2.32. The van der Waals surface area contributed by atoms with Crippen LogP contribution in [-0.2, 0) is 4.74 Å². The summed E-state index contributed by atoms with van der Waals surface area (Å²) in [5.41, 5.74) is 1.06. The summed E-state index contributed by atoms with van der Waals surface area (Å²) in [6.07, 6.45) is 3.09. The third-order valence-corrected chi connectivity index (χ3v) is 3.63. The molecular formula is C16H22FNO2. The molecule has 0 saturated carbocycles. The van der Waals surface area contributed by atoms with Crippen LogP contribution in [0.5, 0.6) is 0 Å². The van der Waals surface area contributed by atoms with Gasteiger partial charge in [0.05, 0.1) is 6.10 Å². The molecular weight excluding hydrogens is 257 g/mol. The predicted octanol–water partition coefficient (Wildman–Crippen LogP) is 3.17. The first kappa shape index (κ1) is 15.0. The van der Waals surface area contributed by atoms with Gasteiger partial charge in [-0.15, -0.1) is 0 Å². The van der Waals surface area contributed by atoms with Crippen LogP contribution in [0.4, 0.5) is 4.39 Å². The fourth-order valence-electron chi connectivity index (χ4n) is 2.50. The van der Waals surface area contributed by atoms with E-state index in [0.717, 1.165) is 32.4 Å². The van der Waals surface area contributed by atoms with E-state index in [9.17, 15) is 9.18 Å². The van der Waals surface area contributed by atoms with E-state index in [0.29, 0.717) is 17.7 Å². The Morgan fingerprint density at radius 3 is 3.00 bits per heavy atom. The van der Waals surface area contributed by atoms with E-state index in [1.165, 1.54) is 6.07 Å². The van der Waals surface area contributed by atoms with Crippen molar-refractivity contribution < 1.29 is 13.9 Å². The van der Waals surface area contributed by atoms with Crippen molar-refractivity contribution in [3.05, 3.63) is 35.1 Å². The molecule has 1 aromatic rings. The van der Waals surface area contributed by atoms with Gasteiger partial charge in [0.15, 0.2) is 0 Å². The van der Waals surface area contributed by atoms with E-state index in [4.69, 9.17) is 4.74 Å². The lowest BCUT2D eigenvalue weighted by molar-refractivity contribution is 0.00211. The minimum atomic E-state index is -0.274. The Labute approximate surface area is 119 Å². The monoisotopic (exact) mass is 279 g/mol. The maximum absolute atomic E-state index is 13.3. The van der Waals surface area contributed by atoms with Gasteiger partial charge < -0.3 is 9.64 Å². The zero-order valence-corrected chi connectivity index (χ0v) is 12.2. The van der Waals surface area contributed by atoms with E-state index < -0.39 is 0 Å². The van der Waals surface area contributed by atoms with E-state index >= 15 is 0 Å². The topological polar surface area (TPSA) is 29.5 Å². The molecule has 3 nitrogen and oxygen atoms in total. The maximum Gasteiger partial charge on any atom is 0.253 e. The van der Waals surface area contributed by atoms with Crippen molar-refractivity contribution in [1.29, 1.82) is 0 Å². The zero-order chi connectivity index (χ0) is 14.5. The van der Waals surface area contributed by atoms with E-state index in [1.807, 2.05) is 4.90 Å². The molecule has 1 aliphatic rings. The minimum Gasteiger partial charge on any atom is -0.376 e. The Morgan fingerprint density at radius 1 is 1.50 bits per heavy atom. The largest absolute Gasteiger partial charge is 0.376 e. The summed E-state index contributed by atoms with van der Waals surface area (Å²) in [4.78, 5) is 14.2. The van der Waals surface area contributed by atoms with Gasteiger partial charge in [-0.1, -0.05) is 6.92 Å². The van der Waals surface area contributed by atoms with Crippen LogP contribution in [0, 0.1) is 12.7 Å². The van der Waals surface area contributed by atoms with Crippen LogP contribution >= 0.6 is 0 Å². The first-order chi connectivity index (χ1) is 9.61. The summed E-state index contributed by atoms with van der Waals surface area (Å²) in [6.45, 7) is 5.88. The van der Waals surface area contributed by atoms with Gasteiger partial charge in [-0.05, 0) is 49.9 Å². The standard InChI is InChI=1S/C16H22FNO2/c1-3-9-20-14-5-4-8-18(11-14)16(19)13-6-7-15(17)12(2)10-13/h6-7,10,14H,3-5,8-9,11H2,1-2H3. The van der Waals surface area contributed by atoms with Gasteiger partial charge in [0.25, 0.3) is 5.91 Å². The number of amides is 1. The number of carbonyl (C=O) groups is 1. The molecule has 1 amide bonds. The van der Waals surface area contributed by atoms with Crippen LogP contribution in [0.15, 0.2) is 18.2 Å². The molecule has 0 aromatic heterocycles. The molecule has 1 aliphatic heterocycles. The van der Waals surface area contributed by atoms with E-state index in [2.05, 4.69) is 6.92 Å². The number of ether oxygens (including phenoxy) is 1. The number of benzene rings is 1. The van der Waals surface area contributed by atoms with Crippen LogP contribution in [0.3, 0.4) is 0 Å². The smallest absolute Gasteiger partial charge is 0.253 e. The summed E-state index contributed by atoms with van der Waals surface area (Å²) in [6, 6.07) is 4.53. The van der Waals surface area contributed by atoms with Crippen molar-refractivity contribution in [2.75, 3.05) is 19.7 Å². The van der Waals surface area contributed by atoms with Gasteiger partial charge in [0, 0.05) is 25.3 Å². The first-order valence-corrected chi connectivity index (χ1v) is 7.29. The van der Waals surface area contributed by atoms with Gasteiger partial charge in [-0.25, -0.2) is 4.39 Å². The molecule has 20 heavy (non-hydrogen) atoms. The molecule has 1 aromatic carbocycles. The van der Waals surface area contributed by atoms with Crippen molar-refractivity contribution >= 4 is 5.91 Å². The molecule has 1 atom stereocenters. The number of halogens is 1. The average molecular weight is 279 g/mol. The van der Waals surface area contributed by atoms with Crippen molar-refractivity contribution in [2.45, 2.75) is 39.2 Å². The van der Waals surface area contributed by atoms with Gasteiger partial charge in [0.2, 0.25) is 0 Å². The Morgan fingerprint density at radius 2 is 2.30 bits per heavy atom. The number of likely N-dealkylation sites (tertiary alicyclic amines) is 1. The highest BCUT2D eigenvalue weighted by Gasteiger charge is 2.25. The van der Waals surface area contributed by atoms with Gasteiger partial charge in [0.1, 0.15) is 5.82 Å².